The van der Waals surface area contributed by atoms with Gasteiger partial charge in [0.15, 0.2) is 11.6 Å². The Balaban J connectivity index is 1.34. The van der Waals surface area contributed by atoms with Crippen LogP contribution in [-0.2, 0) is 11.2 Å². The molecule has 0 radical (unpaired) electrons. The van der Waals surface area contributed by atoms with Crippen LogP contribution in [0, 0.1) is 35.3 Å². The van der Waals surface area contributed by atoms with E-state index in [1.807, 2.05) is 11.7 Å². The van der Waals surface area contributed by atoms with Crippen LogP contribution in [0.4, 0.5) is 8.78 Å². The van der Waals surface area contributed by atoms with Gasteiger partial charge in [0.25, 0.3) is 0 Å². The zero-order chi connectivity index (χ0) is 26.8. The molecule has 39 heavy (non-hydrogen) atoms. The van der Waals surface area contributed by atoms with Gasteiger partial charge in [-0.2, -0.15) is 5.10 Å². The van der Waals surface area contributed by atoms with Gasteiger partial charge in [-0.05, 0) is 63.0 Å². The maximum Gasteiger partial charge on any atom is 0.307 e. The lowest BCUT2D eigenvalue weighted by Gasteiger charge is -2.46. The van der Waals surface area contributed by atoms with Crippen molar-refractivity contribution in [2.24, 2.45) is 23.7 Å². The zero-order valence-corrected chi connectivity index (χ0v) is 21.5. The van der Waals surface area contributed by atoms with Gasteiger partial charge in [-0.25, -0.2) is 23.7 Å². The minimum absolute atomic E-state index is 0.112. The molecular weight excluding hydrogens is 504 g/mol. The number of hydrogen-bond acceptors (Lipinski definition) is 6. The fourth-order valence-electron chi connectivity index (χ4n) is 7.07. The molecule has 1 aliphatic heterocycles. The zero-order valence-electron chi connectivity index (χ0n) is 21.5. The number of aliphatic carboxylic acids is 1. The highest BCUT2D eigenvalue weighted by molar-refractivity contribution is 5.91. The van der Waals surface area contributed by atoms with Crippen LogP contribution in [0.3, 0.4) is 0 Å². The van der Waals surface area contributed by atoms with E-state index < -0.39 is 23.5 Å². The van der Waals surface area contributed by atoms with Crippen LogP contribution >= 0.6 is 0 Å². The van der Waals surface area contributed by atoms with Gasteiger partial charge in [0.2, 0.25) is 0 Å². The van der Waals surface area contributed by atoms with Crippen LogP contribution in [0.25, 0.3) is 33.7 Å². The van der Waals surface area contributed by atoms with Gasteiger partial charge >= 0.3 is 5.97 Å². The van der Waals surface area contributed by atoms with E-state index in [0.717, 1.165) is 45.0 Å². The molecule has 0 amide bonds. The van der Waals surface area contributed by atoms with E-state index >= 15 is 4.39 Å². The lowest BCUT2D eigenvalue weighted by Crippen LogP contribution is -2.45. The lowest BCUT2D eigenvalue weighted by atomic mass is 9.57. The van der Waals surface area contributed by atoms with Crippen LogP contribution in [0.1, 0.15) is 37.4 Å². The second-order valence-electron chi connectivity index (χ2n) is 11.4. The van der Waals surface area contributed by atoms with Crippen molar-refractivity contribution in [2.45, 2.75) is 38.1 Å². The van der Waals surface area contributed by atoms with E-state index in [0.29, 0.717) is 22.2 Å². The number of aromatic amines is 1. The van der Waals surface area contributed by atoms with E-state index in [1.165, 1.54) is 6.07 Å². The normalized spacial score (nSPS) is 25.3. The predicted octanol–water partition coefficient (Wildman–Crippen LogP) is 4.33. The monoisotopic (exact) mass is 533 g/mol. The number of likely N-dealkylation sites (tertiary alicyclic amines) is 1. The molecule has 4 aromatic rings. The molecule has 4 aromatic heterocycles. The third-order valence-corrected chi connectivity index (χ3v) is 9.06. The highest BCUT2D eigenvalue weighted by atomic mass is 19.1. The fraction of sp³-hybridized carbons (Fsp3) is 0.464. The van der Waals surface area contributed by atoms with Crippen LogP contribution in [-0.4, -0.2) is 65.8 Å². The molecule has 3 saturated carbocycles. The van der Waals surface area contributed by atoms with Crippen molar-refractivity contribution in [3.8, 4) is 22.6 Å². The molecule has 0 aromatic carbocycles. The molecule has 3 aliphatic carbocycles. The number of aromatic nitrogens is 6. The molecule has 11 heteroatoms. The lowest BCUT2D eigenvalue weighted by molar-refractivity contribution is -0.152. The number of rotatable bonds is 6. The summed E-state index contributed by atoms with van der Waals surface area (Å²) in [7, 11) is 2.03. The Hall–Kier alpha value is -3.73. The average Bonchev–Trinajstić information content (AvgIpc) is 3.56. The first kappa shape index (κ1) is 24.3. The summed E-state index contributed by atoms with van der Waals surface area (Å²) in [5.74, 6) is -2.00. The molecule has 2 bridgehead atoms. The van der Waals surface area contributed by atoms with Gasteiger partial charge in [0.05, 0.1) is 30.0 Å². The Morgan fingerprint density at radius 1 is 1.13 bits per heavy atom. The number of hydrogen-bond donors (Lipinski definition) is 2. The number of H-pyrrole nitrogens is 1. The van der Waals surface area contributed by atoms with Crippen LogP contribution in [0.15, 0.2) is 30.9 Å². The second-order valence-corrected chi connectivity index (χ2v) is 11.4. The first-order valence-corrected chi connectivity index (χ1v) is 13.5. The van der Waals surface area contributed by atoms with Crippen LogP contribution in [0.5, 0.6) is 0 Å². The Morgan fingerprint density at radius 3 is 2.64 bits per heavy atom. The van der Waals surface area contributed by atoms with E-state index in [9.17, 15) is 14.3 Å². The summed E-state index contributed by atoms with van der Waals surface area (Å²) in [6.45, 7) is 1.72. The van der Waals surface area contributed by atoms with Gasteiger partial charge in [0.1, 0.15) is 17.2 Å². The topological polar surface area (TPSA) is 113 Å². The summed E-state index contributed by atoms with van der Waals surface area (Å²) < 4.78 is 32.2. The summed E-state index contributed by atoms with van der Waals surface area (Å²) in [5, 5.41) is 15.0. The molecule has 2 atom stereocenters. The summed E-state index contributed by atoms with van der Waals surface area (Å²) >= 11 is 0. The Bertz CT molecular complexity index is 1570. The number of pyridine rings is 1. The summed E-state index contributed by atoms with van der Waals surface area (Å²) in [4.78, 5) is 30.8. The summed E-state index contributed by atoms with van der Waals surface area (Å²) in [6.07, 6.45) is 10.1. The number of nitrogens with one attached hydrogen (secondary N) is 1. The molecular formula is C28H29F2N7O2. The number of carbonyl (C=O) groups is 1. The minimum Gasteiger partial charge on any atom is -0.481 e. The third-order valence-electron chi connectivity index (χ3n) is 9.06. The van der Waals surface area contributed by atoms with Crippen molar-refractivity contribution in [3.05, 3.63) is 48.2 Å². The molecule has 8 rings (SSSR count). The van der Waals surface area contributed by atoms with Crippen molar-refractivity contribution in [1.82, 2.24) is 34.6 Å². The van der Waals surface area contributed by atoms with Crippen LogP contribution in [0.2, 0.25) is 0 Å². The predicted molar refractivity (Wildman–Crippen MR) is 139 cm³/mol. The average molecular weight is 534 g/mol. The summed E-state index contributed by atoms with van der Waals surface area (Å²) in [6, 6.07) is 1.57. The van der Waals surface area contributed by atoms with Gasteiger partial charge in [-0.15, -0.1) is 0 Å². The quantitative estimate of drug-likeness (QED) is 0.379. The van der Waals surface area contributed by atoms with Gasteiger partial charge in [-0.1, -0.05) is 0 Å². The number of nitrogens with zero attached hydrogens (tertiary/aromatic N) is 6. The van der Waals surface area contributed by atoms with Gasteiger partial charge in [0, 0.05) is 42.0 Å². The van der Waals surface area contributed by atoms with Crippen molar-refractivity contribution < 1.29 is 18.7 Å². The largest absolute Gasteiger partial charge is 0.481 e. The van der Waals surface area contributed by atoms with Crippen molar-refractivity contribution in [3.63, 3.8) is 0 Å². The molecule has 0 unspecified atom stereocenters. The van der Waals surface area contributed by atoms with E-state index in [1.54, 1.807) is 18.6 Å². The molecule has 4 fully saturated rings. The van der Waals surface area contributed by atoms with E-state index in [4.69, 9.17) is 0 Å². The Labute approximate surface area is 223 Å². The maximum atomic E-state index is 16.3. The maximum absolute atomic E-state index is 16.3. The summed E-state index contributed by atoms with van der Waals surface area (Å²) in [5.41, 5.74) is 1.80. The van der Waals surface area contributed by atoms with Crippen molar-refractivity contribution in [1.29, 1.82) is 0 Å². The van der Waals surface area contributed by atoms with E-state index in [2.05, 4.69) is 29.9 Å². The molecule has 202 valence electrons. The number of carboxylic acid groups (broad SMARTS) is 1. The molecule has 1 saturated heterocycles. The SMILES string of the molecule is CN1CC(n2cc(-c3nc(-c4c[nH]c5ncc(F)cc45)nc(C[C@H]4C5CCC(CC5)[C@@H]4C(=O)O)c3F)cn2)C1. The van der Waals surface area contributed by atoms with Gasteiger partial charge in [-0.3, -0.25) is 9.48 Å². The molecule has 2 N–H and O–H groups in total. The van der Waals surface area contributed by atoms with Crippen molar-refractivity contribution >= 4 is 17.0 Å². The first-order valence-electron chi connectivity index (χ1n) is 13.5. The smallest absolute Gasteiger partial charge is 0.307 e. The number of carboxylic acids is 1. The third kappa shape index (κ3) is 4.10. The first-order chi connectivity index (χ1) is 18.9. The highest BCUT2D eigenvalue weighted by Gasteiger charge is 2.47. The number of likely N-dealkylation sites (N-methyl/N-ethyl adjacent to an activating group) is 1. The molecule has 9 nitrogen and oxygen atoms in total. The molecule has 4 aliphatic rings. The fourth-order valence-corrected chi connectivity index (χ4v) is 7.07. The molecule has 0 spiro atoms. The van der Waals surface area contributed by atoms with Gasteiger partial charge < -0.3 is 15.0 Å². The number of fused-ring (bicyclic) bond motifs is 4. The minimum atomic E-state index is -0.811. The Morgan fingerprint density at radius 2 is 1.90 bits per heavy atom. The van der Waals surface area contributed by atoms with Crippen molar-refractivity contribution in [2.75, 3.05) is 20.1 Å². The van der Waals surface area contributed by atoms with E-state index in [-0.39, 0.29) is 47.4 Å². The standard InChI is InChI=1S/C28H29F2N7O2/c1-36-12-18(13-36)37-11-16(8-33-37)25-24(30)22(7-19-14-2-4-15(5-3-14)23(19)28(38)39)34-27(35-25)21-10-32-26-20(21)6-17(29)9-31-26/h6,8-11,14-15,18-19,23H,2-5,7,12-13H2,1H3,(H,31,32)(H,38,39)/t14?,15?,19-,23-/m0/s1. The molecule has 5 heterocycles. The highest BCUT2D eigenvalue weighted by Crippen LogP contribution is 2.50. The van der Waals surface area contributed by atoms with Crippen LogP contribution < -0.4 is 0 Å². The number of halogens is 2. The second kappa shape index (κ2) is 9.18. The Kier molecular flexibility index (Phi) is 5.73.